The Labute approximate surface area is 125 Å². The molecule has 5 nitrogen and oxygen atoms in total. The van der Waals surface area contributed by atoms with Crippen molar-refractivity contribution in [2.24, 2.45) is 0 Å². The van der Waals surface area contributed by atoms with Crippen LogP contribution in [0, 0.1) is 0 Å². The lowest BCUT2D eigenvalue weighted by Crippen LogP contribution is -2.37. The number of hydrogen-bond donors (Lipinski definition) is 2. The predicted octanol–water partition coefficient (Wildman–Crippen LogP) is 1.73. The Morgan fingerprint density at radius 1 is 1.14 bits per heavy atom. The minimum Gasteiger partial charge on any atom is -0.496 e. The summed E-state index contributed by atoms with van der Waals surface area (Å²) >= 11 is 0. The molecular formula is C15H20N2O3S. The first-order valence-electron chi connectivity index (χ1n) is 6.72. The van der Waals surface area contributed by atoms with E-state index in [1.54, 1.807) is 32.4 Å². The van der Waals surface area contributed by atoms with Crippen LogP contribution in [0.2, 0.25) is 0 Å². The van der Waals surface area contributed by atoms with E-state index in [1.165, 1.54) is 0 Å². The van der Waals surface area contributed by atoms with Crippen molar-refractivity contribution in [1.29, 1.82) is 0 Å². The first-order chi connectivity index (χ1) is 9.99. The summed E-state index contributed by atoms with van der Waals surface area (Å²) in [5, 5.41) is 4.43. The maximum atomic E-state index is 12.5. The molecule has 0 aromatic heterocycles. The second-order valence-corrected chi connectivity index (χ2v) is 6.59. The topological polar surface area (TPSA) is 67.4 Å². The Kier molecular flexibility index (Phi) is 4.82. The fourth-order valence-electron chi connectivity index (χ4n) is 2.07. The van der Waals surface area contributed by atoms with Crippen LogP contribution in [0.15, 0.2) is 41.3 Å². The third-order valence-electron chi connectivity index (χ3n) is 3.43. The molecule has 2 aromatic rings. The average molecular weight is 308 g/mol. The highest BCUT2D eigenvalue weighted by molar-refractivity contribution is 7.89. The summed E-state index contributed by atoms with van der Waals surface area (Å²) < 4.78 is 32.9. The summed E-state index contributed by atoms with van der Waals surface area (Å²) in [7, 11) is -0.197. The van der Waals surface area contributed by atoms with Gasteiger partial charge in [-0.2, -0.15) is 0 Å². The molecule has 0 radical (unpaired) electrons. The monoisotopic (exact) mass is 308 g/mol. The van der Waals surface area contributed by atoms with Gasteiger partial charge in [0.1, 0.15) is 5.75 Å². The van der Waals surface area contributed by atoms with Gasteiger partial charge in [-0.05, 0) is 26.1 Å². The molecule has 0 amide bonds. The van der Waals surface area contributed by atoms with Crippen LogP contribution < -0.4 is 14.8 Å². The highest BCUT2D eigenvalue weighted by Crippen LogP contribution is 2.30. The maximum Gasteiger partial charge on any atom is 0.241 e. The first kappa shape index (κ1) is 15.8. The highest BCUT2D eigenvalue weighted by atomic mass is 32.2. The molecule has 0 saturated heterocycles. The smallest absolute Gasteiger partial charge is 0.241 e. The van der Waals surface area contributed by atoms with Crippen molar-refractivity contribution in [1.82, 2.24) is 10.0 Å². The first-order valence-corrected chi connectivity index (χ1v) is 8.20. The van der Waals surface area contributed by atoms with Crippen molar-refractivity contribution >= 4 is 20.8 Å². The lowest BCUT2D eigenvalue weighted by atomic mass is 10.1. The largest absolute Gasteiger partial charge is 0.496 e. The molecule has 1 atom stereocenters. The predicted molar refractivity (Wildman–Crippen MR) is 84.2 cm³/mol. The van der Waals surface area contributed by atoms with Gasteiger partial charge < -0.3 is 10.1 Å². The Bertz CT molecular complexity index is 729. The molecule has 0 aliphatic carbocycles. The number of sulfonamides is 1. The Hall–Kier alpha value is -1.63. The van der Waals surface area contributed by atoms with Gasteiger partial charge in [-0.25, -0.2) is 13.1 Å². The SMILES string of the molecule is CNC(C)CNS(=O)(=O)c1ccc(OC)c2ccccc12. The lowest BCUT2D eigenvalue weighted by molar-refractivity contribution is 0.419. The number of ether oxygens (including phenoxy) is 1. The zero-order valence-electron chi connectivity index (χ0n) is 12.4. The molecule has 0 spiro atoms. The molecule has 114 valence electrons. The molecule has 0 aliphatic heterocycles. The molecule has 6 heteroatoms. The van der Waals surface area contributed by atoms with Gasteiger partial charge in [0.2, 0.25) is 10.0 Å². The number of rotatable bonds is 6. The molecule has 0 heterocycles. The van der Waals surface area contributed by atoms with Crippen molar-refractivity contribution in [3.63, 3.8) is 0 Å². The minimum atomic E-state index is -3.56. The Balaban J connectivity index is 2.47. The number of benzene rings is 2. The normalized spacial score (nSPS) is 13.3. The second kappa shape index (κ2) is 6.43. The van der Waals surface area contributed by atoms with Crippen molar-refractivity contribution in [2.45, 2.75) is 17.9 Å². The van der Waals surface area contributed by atoms with Crippen molar-refractivity contribution in [2.75, 3.05) is 20.7 Å². The quantitative estimate of drug-likeness (QED) is 0.853. The Morgan fingerprint density at radius 2 is 1.81 bits per heavy atom. The van der Waals surface area contributed by atoms with Crippen molar-refractivity contribution in [3.05, 3.63) is 36.4 Å². The van der Waals surface area contributed by atoms with Gasteiger partial charge in [0.25, 0.3) is 0 Å². The van der Waals surface area contributed by atoms with Gasteiger partial charge >= 0.3 is 0 Å². The summed E-state index contributed by atoms with van der Waals surface area (Å²) in [5.41, 5.74) is 0. The number of likely N-dealkylation sites (N-methyl/N-ethyl adjacent to an activating group) is 1. The van der Waals surface area contributed by atoms with Crippen LogP contribution in [0.1, 0.15) is 6.92 Å². The molecule has 0 aliphatic rings. The molecule has 0 fully saturated rings. The number of nitrogens with one attached hydrogen (secondary N) is 2. The van der Waals surface area contributed by atoms with E-state index in [-0.39, 0.29) is 10.9 Å². The van der Waals surface area contributed by atoms with E-state index in [9.17, 15) is 8.42 Å². The van der Waals surface area contributed by atoms with Crippen LogP contribution in [0.25, 0.3) is 10.8 Å². The molecule has 2 rings (SSSR count). The zero-order valence-corrected chi connectivity index (χ0v) is 13.2. The van der Waals surface area contributed by atoms with E-state index in [0.29, 0.717) is 17.7 Å². The van der Waals surface area contributed by atoms with Crippen LogP contribution in [0.5, 0.6) is 5.75 Å². The molecule has 1 unspecified atom stereocenters. The summed E-state index contributed by atoms with van der Waals surface area (Å²) in [4.78, 5) is 0.266. The van der Waals surface area contributed by atoms with Gasteiger partial charge in [0, 0.05) is 23.4 Å². The second-order valence-electron chi connectivity index (χ2n) is 4.85. The highest BCUT2D eigenvalue weighted by Gasteiger charge is 2.19. The number of fused-ring (bicyclic) bond motifs is 1. The summed E-state index contributed by atoms with van der Waals surface area (Å²) in [6.07, 6.45) is 0. The lowest BCUT2D eigenvalue weighted by Gasteiger charge is -2.14. The van der Waals surface area contributed by atoms with Gasteiger partial charge in [-0.15, -0.1) is 0 Å². The molecule has 21 heavy (non-hydrogen) atoms. The van der Waals surface area contributed by atoms with Crippen LogP contribution in [-0.2, 0) is 10.0 Å². The maximum absolute atomic E-state index is 12.5. The molecule has 0 bridgehead atoms. The van der Waals surface area contributed by atoms with Gasteiger partial charge in [0.05, 0.1) is 12.0 Å². The van der Waals surface area contributed by atoms with Crippen LogP contribution in [0.3, 0.4) is 0 Å². The van der Waals surface area contributed by atoms with Gasteiger partial charge in [-0.1, -0.05) is 24.3 Å². The minimum absolute atomic E-state index is 0.0595. The van der Waals surface area contributed by atoms with E-state index in [1.807, 2.05) is 25.1 Å². The molecule has 2 aromatic carbocycles. The van der Waals surface area contributed by atoms with Gasteiger partial charge in [0.15, 0.2) is 0 Å². The van der Waals surface area contributed by atoms with E-state index in [0.717, 1.165) is 5.39 Å². The van der Waals surface area contributed by atoms with E-state index in [4.69, 9.17) is 4.74 Å². The van der Waals surface area contributed by atoms with Crippen molar-refractivity contribution in [3.8, 4) is 5.75 Å². The third-order valence-corrected chi connectivity index (χ3v) is 4.91. The fraction of sp³-hybridized carbons (Fsp3) is 0.333. The van der Waals surface area contributed by atoms with E-state index >= 15 is 0 Å². The zero-order chi connectivity index (χ0) is 15.5. The molecular weight excluding hydrogens is 288 g/mol. The summed E-state index contributed by atoms with van der Waals surface area (Å²) in [6.45, 7) is 2.24. The number of methoxy groups -OCH3 is 1. The summed E-state index contributed by atoms with van der Waals surface area (Å²) in [5.74, 6) is 0.660. The summed E-state index contributed by atoms with van der Waals surface area (Å²) in [6, 6.07) is 10.6. The van der Waals surface area contributed by atoms with Gasteiger partial charge in [-0.3, -0.25) is 0 Å². The van der Waals surface area contributed by atoms with E-state index in [2.05, 4.69) is 10.0 Å². The van der Waals surface area contributed by atoms with Crippen LogP contribution in [-0.4, -0.2) is 35.2 Å². The number of hydrogen-bond acceptors (Lipinski definition) is 4. The third kappa shape index (κ3) is 3.34. The standard InChI is InChI=1S/C15H20N2O3S/c1-11(16-2)10-17-21(18,19)15-9-8-14(20-3)12-6-4-5-7-13(12)15/h4-9,11,16-17H,10H2,1-3H3. The van der Waals surface area contributed by atoms with E-state index < -0.39 is 10.0 Å². The van der Waals surface area contributed by atoms with Crippen LogP contribution in [0.4, 0.5) is 0 Å². The average Bonchev–Trinajstić information content (AvgIpc) is 2.51. The Morgan fingerprint density at radius 3 is 2.43 bits per heavy atom. The fourth-order valence-corrected chi connectivity index (χ4v) is 3.41. The van der Waals surface area contributed by atoms with Crippen molar-refractivity contribution < 1.29 is 13.2 Å². The van der Waals surface area contributed by atoms with Crippen LogP contribution >= 0.6 is 0 Å². The molecule has 2 N–H and O–H groups in total. The molecule has 0 saturated carbocycles.